The maximum atomic E-state index is 13.2. The molecule has 5 heteroatoms. The fraction of sp³-hybridized carbons (Fsp3) is 0.167. The van der Waals surface area contributed by atoms with E-state index in [9.17, 15) is 4.79 Å². The quantitative estimate of drug-likeness (QED) is 0.391. The standard InChI is InChI=1S/C24H21BrN2O2/c1-14-11-18(16(3)27-21-9-5-4-8-20(21)25)24-19(12-14)22(28)15(2)23(29-24)17-7-6-10-26-13-17/h4-13,16,27H,1-3H3. The predicted octanol–water partition coefficient (Wildman–Crippen LogP) is 6.41. The molecule has 0 bridgehead atoms. The van der Waals surface area contributed by atoms with Gasteiger partial charge in [-0.05, 0) is 72.6 Å². The molecule has 4 nitrogen and oxygen atoms in total. The number of rotatable bonds is 4. The average molecular weight is 449 g/mol. The van der Waals surface area contributed by atoms with Gasteiger partial charge in [0.2, 0.25) is 0 Å². The van der Waals surface area contributed by atoms with Crippen molar-refractivity contribution in [1.29, 1.82) is 0 Å². The molecule has 0 spiro atoms. The van der Waals surface area contributed by atoms with Crippen molar-refractivity contribution >= 4 is 32.6 Å². The number of para-hydroxylation sites is 1. The van der Waals surface area contributed by atoms with Gasteiger partial charge >= 0.3 is 0 Å². The summed E-state index contributed by atoms with van der Waals surface area (Å²) in [6, 6.07) is 15.6. The number of pyridine rings is 1. The Hall–Kier alpha value is -2.92. The molecular weight excluding hydrogens is 428 g/mol. The van der Waals surface area contributed by atoms with Crippen molar-refractivity contribution in [2.24, 2.45) is 0 Å². The summed E-state index contributed by atoms with van der Waals surface area (Å²) in [5, 5.41) is 4.12. The van der Waals surface area contributed by atoms with Gasteiger partial charge in [0.25, 0.3) is 0 Å². The van der Waals surface area contributed by atoms with Crippen molar-refractivity contribution < 1.29 is 4.42 Å². The van der Waals surface area contributed by atoms with Crippen LogP contribution in [0.25, 0.3) is 22.3 Å². The van der Waals surface area contributed by atoms with Gasteiger partial charge in [-0.25, -0.2) is 0 Å². The van der Waals surface area contributed by atoms with Crippen molar-refractivity contribution in [3.8, 4) is 11.3 Å². The lowest BCUT2D eigenvalue weighted by molar-refractivity contribution is 0.605. The summed E-state index contributed by atoms with van der Waals surface area (Å²) in [6.07, 6.45) is 3.42. The van der Waals surface area contributed by atoms with Crippen molar-refractivity contribution in [3.05, 3.63) is 92.3 Å². The van der Waals surface area contributed by atoms with Crippen LogP contribution in [0.3, 0.4) is 0 Å². The van der Waals surface area contributed by atoms with E-state index in [1.54, 1.807) is 19.3 Å². The molecule has 4 rings (SSSR count). The van der Waals surface area contributed by atoms with Gasteiger partial charge in [-0.15, -0.1) is 0 Å². The van der Waals surface area contributed by atoms with Crippen LogP contribution in [-0.2, 0) is 0 Å². The minimum Gasteiger partial charge on any atom is -0.455 e. The molecule has 0 saturated carbocycles. The van der Waals surface area contributed by atoms with Gasteiger partial charge in [-0.3, -0.25) is 9.78 Å². The molecule has 146 valence electrons. The van der Waals surface area contributed by atoms with Crippen molar-refractivity contribution in [3.63, 3.8) is 0 Å². The predicted molar refractivity (Wildman–Crippen MR) is 121 cm³/mol. The summed E-state index contributed by atoms with van der Waals surface area (Å²) in [4.78, 5) is 17.3. The van der Waals surface area contributed by atoms with Crippen LogP contribution in [0.1, 0.15) is 29.7 Å². The third-order valence-electron chi connectivity index (χ3n) is 5.03. The average Bonchev–Trinajstić information content (AvgIpc) is 2.72. The van der Waals surface area contributed by atoms with Gasteiger partial charge in [-0.1, -0.05) is 18.2 Å². The molecule has 0 aliphatic heterocycles. The van der Waals surface area contributed by atoms with E-state index in [1.165, 1.54) is 0 Å². The zero-order valence-corrected chi connectivity index (χ0v) is 18.1. The summed E-state index contributed by atoms with van der Waals surface area (Å²) in [5.74, 6) is 0.564. The summed E-state index contributed by atoms with van der Waals surface area (Å²) in [6.45, 7) is 5.87. The minimum atomic E-state index is -0.0660. The highest BCUT2D eigenvalue weighted by molar-refractivity contribution is 9.10. The van der Waals surface area contributed by atoms with E-state index in [2.05, 4.69) is 39.2 Å². The highest BCUT2D eigenvalue weighted by Gasteiger charge is 2.19. The minimum absolute atomic E-state index is 0.0110. The highest BCUT2D eigenvalue weighted by atomic mass is 79.9. The monoisotopic (exact) mass is 448 g/mol. The van der Waals surface area contributed by atoms with Gasteiger partial charge < -0.3 is 9.73 Å². The molecule has 0 fully saturated rings. The Bertz CT molecular complexity index is 1250. The first-order chi connectivity index (χ1) is 14.0. The lowest BCUT2D eigenvalue weighted by Gasteiger charge is -2.19. The van der Waals surface area contributed by atoms with E-state index >= 15 is 0 Å². The highest BCUT2D eigenvalue weighted by Crippen LogP contribution is 2.33. The number of fused-ring (bicyclic) bond motifs is 1. The Morgan fingerprint density at radius 2 is 1.90 bits per heavy atom. The van der Waals surface area contributed by atoms with Crippen LogP contribution >= 0.6 is 15.9 Å². The Labute approximate surface area is 177 Å². The smallest absolute Gasteiger partial charge is 0.196 e. The molecule has 1 atom stereocenters. The molecule has 0 saturated heterocycles. The number of benzene rings is 2. The van der Waals surface area contributed by atoms with E-state index in [1.807, 2.05) is 49.4 Å². The summed E-state index contributed by atoms with van der Waals surface area (Å²) in [5.41, 5.74) is 4.93. The van der Waals surface area contributed by atoms with Crippen LogP contribution in [0, 0.1) is 13.8 Å². The summed E-state index contributed by atoms with van der Waals surface area (Å²) >= 11 is 3.58. The van der Waals surface area contributed by atoms with Gasteiger partial charge in [0.05, 0.1) is 11.4 Å². The molecule has 1 N–H and O–H groups in total. The first kappa shape index (κ1) is 19.4. The van der Waals surface area contributed by atoms with Crippen LogP contribution < -0.4 is 10.7 Å². The lowest BCUT2D eigenvalue weighted by Crippen LogP contribution is -2.12. The number of hydrogen-bond acceptors (Lipinski definition) is 4. The van der Waals surface area contributed by atoms with E-state index in [0.29, 0.717) is 22.3 Å². The fourth-order valence-electron chi connectivity index (χ4n) is 3.55. The number of aromatic nitrogens is 1. The third-order valence-corrected chi connectivity index (χ3v) is 5.72. The molecule has 2 heterocycles. The normalized spacial score (nSPS) is 12.1. The first-order valence-corrected chi connectivity index (χ1v) is 10.2. The van der Waals surface area contributed by atoms with Crippen LogP contribution in [0.2, 0.25) is 0 Å². The Morgan fingerprint density at radius 3 is 2.62 bits per heavy atom. The Kier molecular flexibility index (Phi) is 5.24. The number of aryl methyl sites for hydroxylation is 1. The Morgan fingerprint density at radius 1 is 1.10 bits per heavy atom. The second-order valence-corrected chi connectivity index (χ2v) is 8.06. The molecule has 0 aliphatic rings. The summed E-state index contributed by atoms with van der Waals surface area (Å²) < 4.78 is 7.33. The first-order valence-electron chi connectivity index (χ1n) is 9.45. The summed E-state index contributed by atoms with van der Waals surface area (Å²) in [7, 11) is 0. The van der Waals surface area contributed by atoms with Crippen LogP contribution in [0.5, 0.6) is 0 Å². The zero-order valence-electron chi connectivity index (χ0n) is 16.5. The molecule has 2 aromatic heterocycles. The van der Waals surface area contributed by atoms with E-state index < -0.39 is 0 Å². The molecule has 0 aliphatic carbocycles. The van der Waals surface area contributed by atoms with Crippen molar-refractivity contribution in [2.75, 3.05) is 5.32 Å². The molecule has 0 amide bonds. The van der Waals surface area contributed by atoms with Crippen LogP contribution in [-0.4, -0.2) is 4.98 Å². The molecule has 4 aromatic rings. The largest absolute Gasteiger partial charge is 0.455 e. The maximum absolute atomic E-state index is 13.2. The maximum Gasteiger partial charge on any atom is 0.196 e. The number of anilines is 1. The van der Waals surface area contributed by atoms with E-state index in [0.717, 1.165) is 26.9 Å². The van der Waals surface area contributed by atoms with Crippen molar-refractivity contribution in [2.45, 2.75) is 26.8 Å². The topological polar surface area (TPSA) is 55.1 Å². The van der Waals surface area contributed by atoms with Gasteiger partial charge in [-0.2, -0.15) is 0 Å². The van der Waals surface area contributed by atoms with Crippen molar-refractivity contribution in [1.82, 2.24) is 4.98 Å². The van der Waals surface area contributed by atoms with E-state index in [4.69, 9.17) is 4.42 Å². The van der Waals surface area contributed by atoms with Crippen LogP contribution in [0.15, 0.2) is 74.6 Å². The van der Waals surface area contributed by atoms with E-state index in [-0.39, 0.29) is 11.5 Å². The number of nitrogens with one attached hydrogen (secondary N) is 1. The third kappa shape index (κ3) is 3.70. The van der Waals surface area contributed by atoms with Gasteiger partial charge in [0.15, 0.2) is 5.43 Å². The molecule has 0 radical (unpaired) electrons. The number of nitrogens with zero attached hydrogens (tertiary/aromatic N) is 1. The lowest BCUT2D eigenvalue weighted by atomic mass is 9.99. The van der Waals surface area contributed by atoms with Gasteiger partial charge in [0.1, 0.15) is 11.3 Å². The zero-order chi connectivity index (χ0) is 20.5. The van der Waals surface area contributed by atoms with Gasteiger partial charge in [0, 0.05) is 39.2 Å². The molecule has 1 unspecified atom stereocenters. The molecule has 2 aromatic carbocycles. The fourth-order valence-corrected chi connectivity index (χ4v) is 3.95. The molecule has 29 heavy (non-hydrogen) atoms. The second kappa shape index (κ2) is 7.84. The Balaban J connectivity index is 1.91. The number of hydrogen-bond donors (Lipinski definition) is 1. The number of halogens is 1. The second-order valence-electron chi connectivity index (χ2n) is 7.20. The molecular formula is C24H21BrN2O2. The SMILES string of the molecule is Cc1cc(C(C)Nc2ccccc2Br)c2oc(-c3cccnc3)c(C)c(=O)c2c1. The van der Waals surface area contributed by atoms with Crippen LogP contribution in [0.4, 0.5) is 5.69 Å².